The largest absolute Gasteiger partial charge is 0.506 e. The van der Waals surface area contributed by atoms with E-state index in [1.807, 2.05) is 12.1 Å². The summed E-state index contributed by atoms with van der Waals surface area (Å²) < 4.78 is 0. The van der Waals surface area contributed by atoms with Gasteiger partial charge in [0.15, 0.2) is 0 Å². The Morgan fingerprint density at radius 1 is 1.31 bits per heavy atom. The predicted molar refractivity (Wildman–Crippen MR) is 69.0 cm³/mol. The molecule has 0 atom stereocenters. The van der Waals surface area contributed by atoms with Crippen molar-refractivity contribution >= 4 is 11.6 Å². The van der Waals surface area contributed by atoms with Gasteiger partial charge >= 0.3 is 0 Å². The molecule has 0 saturated heterocycles. The SMILES string of the molecule is CCCCN(CC)Cc1cccc(Cl)c1O. The number of para-hydroxylation sites is 1. The molecule has 3 heteroatoms. The van der Waals surface area contributed by atoms with Gasteiger partial charge in [0.1, 0.15) is 5.75 Å². The van der Waals surface area contributed by atoms with Crippen molar-refractivity contribution in [3.63, 3.8) is 0 Å². The van der Waals surface area contributed by atoms with Crippen LogP contribution in [-0.2, 0) is 6.54 Å². The zero-order valence-electron chi connectivity index (χ0n) is 10.0. The zero-order valence-corrected chi connectivity index (χ0v) is 10.8. The summed E-state index contributed by atoms with van der Waals surface area (Å²) in [7, 11) is 0. The van der Waals surface area contributed by atoms with Crippen LogP contribution in [0.4, 0.5) is 0 Å². The van der Waals surface area contributed by atoms with E-state index in [-0.39, 0.29) is 5.75 Å². The monoisotopic (exact) mass is 241 g/mol. The van der Waals surface area contributed by atoms with Gasteiger partial charge < -0.3 is 5.11 Å². The number of aromatic hydroxyl groups is 1. The first kappa shape index (κ1) is 13.3. The molecule has 0 aliphatic heterocycles. The van der Waals surface area contributed by atoms with Crippen LogP contribution < -0.4 is 0 Å². The fourth-order valence-electron chi connectivity index (χ4n) is 1.66. The molecule has 1 aromatic carbocycles. The molecule has 0 fully saturated rings. The summed E-state index contributed by atoms with van der Waals surface area (Å²) in [6, 6.07) is 5.52. The summed E-state index contributed by atoms with van der Waals surface area (Å²) >= 11 is 5.88. The van der Waals surface area contributed by atoms with Crippen LogP contribution in [0, 0.1) is 0 Å². The van der Waals surface area contributed by atoms with Crippen LogP contribution in [0.3, 0.4) is 0 Å². The van der Waals surface area contributed by atoms with Crippen LogP contribution in [0.15, 0.2) is 18.2 Å². The Labute approximate surface area is 103 Å². The smallest absolute Gasteiger partial charge is 0.138 e. The molecule has 0 spiro atoms. The molecule has 16 heavy (non-hydrogen) atoms. The van der Waals surface area contributed by atoms with E-state index in [4.69, 9.17) is 11.6 Å². The van der Waals surface area contributed by atoms with Gasteiger partial charge in [0, 0.05) is 12.1 Å². The summed E-state index contributed by atoms with van der Waals surface area (Å²) in [6.07, 6.45) is 2.38. The minimum absolute atomic E-state index is 0.221. The lowest BCUT2D eigenvalue weighted by Crippen LogP contribution is -2.23. The topological polar surface area (TPSA) is 23.5 Å². The van der Waals surface area contributed by atoms with Crippen molar-refractivity contribution in [1.29, 1.82) is 0 Å². The second kappa shape index (κ2) is 6.77. The van der Waals surface area contributed by atoms with Gasteiger partial charge in [-0.3, -0.25) is 4.90 Å². The van der Waals surface area contributed by atoms with E-state index in [9.17, 15) is 5.11 Å². The highest BCUT2D eigenvalue weighted by Crippen LogP contribution is 2.27. The average molecular weight is 242 g/mol. The van der Waals surface area contributed by atoms with Crippen molar-refractivity contribution in [2.24, 2.45) is 0 Å². The molecule has 0 aliphatic carbocycles. The highest BCUT2D eigenvalue weighted by molar-refractivity contribution is 6.32. The highest BCUT2D eigenvalue weighted by atomic mass is 35.5. The van der Waals surface area contributed by atoms with Crippen molar-refractivity contribution < 1.29 is 5.11 Å². The second-order valence-corrected chi connectivity index (χ2v) is 4.38. The van der Waals surface area contributed by atoms with Crippen LogP contribution in [0.5, 0.6) is 5.75 Å². The van der Waals surface area contributed by atoms with Crippen LogP contribution in [0.25, 0.3) is 0 Å². The molecule has 0 saturated carbocycles. The van der Waals surface area contributed by atoms with Gasteiger partial charge in [-0.2, -0.15) is 0 Å². The lowest BCUT2D eigenvalue weighted by atomic mass is 10.2. The minimum Gasteiger partial charge on any atom is -0.506 e. The Hall–Kier alpha value is -0.730. The number of phenols is 1. The number of unbranched alkanes of at least 4 members (excludes halogenated alkanes) is 1. The molecule has 1 aromatic rings. The third kappa shape index (κ3) is 3.69. The lowest BCUT2D eigenvalue weighted by Gasteiger charge is -2.20. The van der Waals surface area contributed by atoms with E-state index in [1.54, 1.807) is 6.07 Å². The lowest BCUT2D eigenvalue weighted by molar-refractivity contribution is 0.271. The van der Waals surface area contributed by atoms with Crippen LogP contribution in [-0.4, -0.2) is 23.1 Å². The number of hydrogen-bond donors (Lipinski definition) is 1. The molecule has 90 valence electrons. The molecular weight excluding hydrogens is 222 g/mol. The number of hydrogen-bond acceptors (Lipinski definition) is 2. The summed E-state index contributed by atoms with van der Waals surface area (Å²) in [5.74, 6) is 0.221. The average Bonchev–Trinajstić information content (AvgIpc) is 2.30. The Balaban J connectivity index is 2.66. The first-order valence-corrected chi connectivity index (χ1v) is 6.25. The van der Waals surface area contributed by atoms with Gasteiger partial charge in [0.25, 0.3) is 0 Å². The van der Waals surface area contributed by atoms with Crippen molar-refractivity contribution in [2.45, 2.75) is 33.2 Å². The van der Waals surface area contributed by atoms with Gasteiger partial charge in [0.2, 0.25) is 0 Å². The van der Waals surface area contributed by atoms with Gasteiger partial charge in [-0.05, 0) is 25.6 Å². The normalized spacial score (nSPS) is 11.0. The number of halogens is 1. The summed E-state index contributed by atoms with van der Waals surface area (Å²) in [5.41, 5.74) is 0.908. The Bertz CT molecular complexity index is 328. The van der Waals surface area contributed by atoms with Crippen LogP contribution >= 0.6 is 11.6 Å². The van der Waals surface area contributed by atoms with Crippen molar-refractivity contribution in [1.82, 2.24) is 4.90 Å². The standard InChI is InChI=1S/C13H20ClNO/c1-3-5-9-15(4-2)10-11-7-6-8-12(14)13(11)16/h6-8,16H,3-5,9-10H2,1-2H3. The molecule has 1 N–H and O–H groups in total. The predicted octanol–water partition coefficient (Wildman–Crippen LogP) is 3.67. The maximum Gasteiger partial charge on any atom is 0.138 e. The molecule has 2 nitrogen and oxygen atoms in total. The molecule has 1 rings (SSSR count). The zero-order chi connectivity index (χ0) is 12.0. The van der Waals surface area contributed by atoms with Gasteiger partial charge in [-0.15, -0.1) is 0 Å². The van der Waals surface area contributed by atoms with Crippen molar-refractivity contribution in [3.05, 3.63) is 28.8 Å². The number of phenolic OH excluding ortho intramolecular Hbond substituents is 1. The molecule has 0 aliphatic rings. The van der Waals surface area contributed by atoms with Gasteiger partial charge in [-0.25, -0.2) is 0 Å². The Morgan fingerprint density at radius 3 is 2.69 bits per heavy atom. The van der Waals surface area contributed by atoms with E-state index in [0.717, 1.165) is 25.2 Å². The molecule has 0 bridgehead atoms. The molecule has 0 amide bonds. The van der Waals surface area contributed by atoms with E-state index in [2.05, 4.69) is 18.7 Å². The van der Waals surface area contributed by atoms with E-state index >= 15 is 0 Å². The maximum atomic E-state index is 9.81. The van der Waals surface area contributed by atoms with Crippen molar-refractivity contribution in [2.75, 3.05) is 13.1 Å². The molecule has 0 aromatic heterocycles. The van der Waals surface area contributed by atoms with Gasteiger partial charge in [0.05, 0.1) is 5.02 Å². The number of nitrogens with zero attached hydrogens (tertiary/aromatic N) is 1. The summed E-state index contributed by atoms with van der Waals surface area (Å²) in [4.78, 5) is 2.31. The Morgan fingerprint density at radius 2 is 2.06 bits per heavy atom. The van der Waals surface area contributed by atoms with E-state index < -0.39 is 0 Å². The first-order valence-electron chi connectivity index (χ1n) is 5.87. The van der Waals surface area contributed by atoms with E-state index in [1.165, 1.54) is 12.8 Å². The summed E-state index contributed by atoms with van der Waals surface area (Å²) in [5, 5.41) is 10.2. The quantitative estimate of drug-likeness (QED) is 0.822. The first-order chi connectivity index (χ1) is 7.69. The third-order valence-electron chi connectivity index (χ3n) is 2.74. The fraction of sp³-hybridized carbons (Fsp3) is 0.538. The molecule has 0 radical (unpaired) electrons. The maximum absolute atomic E-state index is 9.81. The van der Waals surface area contributed by atoms with Gasteiger partial charge in [-0.1, -0.05) is 44.0 Å². The van der Waals surface area contributed by atoms with E-state index in [0.29, 0.717) is 5.02 Å². The molecule has 0 heterocycles. The number of benzene rings is 1. The summed E-state index contributed by atoms with van der Waals surface area (Å²) in [6.45, 7) is 7.15. The highest BCUT2D eigenvalue weighted by Gasteiger charge is 2.08. The fourth-order valence-corrected chi connectivity index (χ4v) is 1.85. The van der Waals surface area contributed by atoms with Crippen LogP contribution in [0.1, 0.15) is 32.3 Å². The third-order valence-corrected chi connectivity index (χ3v) is 3.04. The number of rotatable bonds is 6. The van der Waals surface area contributed by atoms with Crippen LogP contribution in [0.2, 0.25) is 5.02 Å². The molecule has 0 unspecified atom stereocenters. The minimum atomic E-state index is 0.221. The van der Waals surface area contributed by atoms with Crippen molar-refractivity contribution in [3.8, 4) is 5.75 Å². The molecular formula is C13H20ClNO. The second-order valence-electron chi connectivity index (χ2n) is 3.97. The Kier molecular flexibility index (Phi) is 5.64.